The minimum absolute atomic E-state index is 0.401. The first kappa shape index (κ1) is 13.8. The summed E-state index contributed by atoms with van der Waals surface area (Å²) >= 11 is 0. The SMILES string of the molecule is CN(CCNS(C)(=O)=O)c1cccc2ccccc12. The maximum atomic E-state index is 11.0. The van der Waals surface area contributed by atoms with E-state index in [1.54, 1.807) is 0 Å². The molecule has 0 aliphatic carbocycles. The predicted octanol–water partition coefficient (Wildman–Crippen LogP) is 1.83. The second-order valence-corrected chi connectivity index (χ2v) is 6.42. The topological polar surface area (TPSA) is 49.4 Å². The van der Waals surface area contributed by atoms with E-state index in [0.29, 0.717) is 13.1 Å². The molecular formula is C14H18N2O2S. The molecular weight excluding hydrogens is 260 g/mol. The summed E-state index contributed by atoms with van der Waals surface area (Å²) in [5, 5.41) is 2.36. The number of nitrogens with one attached hydrogen (secondary N) is 1. The van der Waals surface area contributed by atoms with Gasteiger partial charge in [-0.25, -0.2) is 13.1 Å². The van der Waals surface area contributed by atoms with E-state index < -0.39 is 10.0 Å². The van der Waals surface area contributed by atoms with E-state index in [9.17, 15) is 8.42 Å². The molecule has 5 heteroatoms. The Morgan fingerprint density at radius 2 is 1.79 bits per heavy atom. The predicted molar refractivity (Wildman–Crippen MR) is 80.1 cm³/mol. The number of anilines is 1. The Bertz CT molecular complexity index is 663. The molecule has 0 fully saturated rings. The molecule has 0 bridgehead atoms. The Hall–Kier alpha value is -1.59. The standard InChI is InChI=1S/C14H18N2O2S/c1-16(11-10-15-19(2,17)18)14-9-5-7-12-6-3-4-8-13(12)14/h3-9,15H,10-11H2,1-2H3. The van der Waals surface area contributed by atoms with Gasteiger partial charge in [0.05, 0.1) is 6.26 Å². The lowest BCUT2D eigenvalue weighted by atomic mass is 10.1. The van der Waals surface area contributed by atoms with Crippen molar-refractivity contribution in [3.63, 3.8) is 0 Å². The fourth-order valence-electron chi connectivity index (χ4n) is 2.06. The quantitative estimate of drug-likeness (QED) is 0.907. The van der Waals surface area contributed by atoms with Gasteiger partial charge >= 0.3 is 0 Å². The van der Waals surface area contributed by atoms with Gasteiger partial charge in [-0.05, 0) is 11.5 Å². The Balaban J connectivity index is 2.15. The molecule has 0 radical (unpaired) electrons. The molecule has 0 saturated carbocycles. The lowest BCUT2D eigenvalue weighted by Gasteiger charge is -2.21. The van der Waals surface area contributed by atoms with Gasteiger partial charge in [0.1, 0.15) is 0 Å². The van der Waals surface area contributed by atoms with E-state index >= 15 is 0 Å². The summed E-state index contributed by atoms with van der Waals surface area (Å²) in [7, 11) is -1.16. The Morgan fingerprint density at radius 1 is 1.11 bits per heavy atom. The van der Waals surface area contributed by atoms with Crippen LogP contribution in [0.2, 0.25) is 0 Å². The summed E-state index contributed by atoms with van der Waals surface area (Å²) in [5.74, 6) is 0. The van der Waals surface area contributed by atoms with Gasteiger partial charge in [-0.1, -0.05) is 36.4 Å². The molecule has 2 aromatic carbocycles. The highest BCUT2D eigenvalue weighted by Gasteiger charge is 2.06. The normalized spacial score (nSPS) is 11.7. The van der Waals surface area contributed by atoms with Crippen LogP contribution in [0.25, 0.3) is 10.8 Å². The van der Waals surface area contributed by atoms with Crippen LogP contribution in [-0.4, -0.2) is 34.8 Å². The fourth-order valence-corrected chi connectivity index (χ4v) is 2.52. The molecule has 0 unspecified atom stereocenters. The molecule has 19 heavy (non-hydrogen) atoms. The lowest BCUT2D eigenvalue weighted by molar-refractivity contribution is 0.588. The van der Waals surface area contributed by atoms with Crippen molar-refractivity contribution in [1.82, 2.24) is 4.72 Å². The number of hydrogen-bond acceptors (Lipinski definition) is 3. The van der Waals surface area contributed by atoms with E-state index in [1.165, 1.54) is 17.0 Å². The molecule has 0 amide bonds. The van der Waals surface area contributed by atoms with Gasteiger partial charge in [0.15, 0.2) is 0 Å². The van der Waals surface area contributed by atoms with Crippen molar-refractivity contribution in [2.45, 2.75) is 0 Å². The molecule has 2 aromatic rings. The van der Waals surface area contributed by atoms with Crippen LogP contribution in [0.15, 0.2) is 42.5 Å². The summed E-state index contributed by atoms with van der Waals surface area (Å²) in [6.45, 7) is 1.03. The fraction of sp³-hybridized carbons (Fsp3) is 0.286. The number of fused-ring (bicyclic) bond motifs is 1. The zero-order valence-corrected chi connectivity index (χ0v) is 11.9. The van der Waals surface area contributed by atoms with Crippen LogP contribution in [0, 0.1) is 0 Å². The number of rotatable bonds is 5. The van der Waals surface area contributed by atoms with Gasteiger partial charge in [0.2, 0.25) is 10.0 Å². The van der Waals surface area contributed by atoms with Crippen LogP contribution in [0.1, 0.15) is 0 Å². The summed E-state index contributed by atoms with van der Waals surface area (Å²) in [5.41, 5.74) is 1.11. The molecule has 0 aromatic heterocycles. The minimum Gasteiger partial charge on any atom is -0.373 e. The zero-order valence-electron chi connectivity index (χ0n) is 11.1. The molecule has 2 rings (SSSR count). The van der Waals surface area contributed by atoms with Crippen molar-refractivity contribution in [2.24, 2.45) is 0 Å². The molecule has 0 aliphatic heterocycles. The summed E-state index contributed by atoms with van der Waals surface area (Å²) in [4.78, 5) is 2.06. The number of hydrogen-bond donors (Lipinski definition) is 1. The Morgan fingerprint density at radius 3 is 2.53 bits per heavy atom. The van der Waals surface area contributed by atoms with E-state index in [4.69, 9.17) is 0 Å². The average Bonchev–Trinajstić information content (AvgIpc) is 2.36. The maximum absolute atomic E-state index is 11.0. The largest absolute Gasteiger partial charge is 0.373 e. The molecule has 0 atom stereocenters. The summed E-state index contributed by atoms with van der Waals surface area (Å²) in [6.07, 6.45) is 1.17. The molecule has 4 nitrogen and oxygen atoms in total. The number of likely N-dealkylation sites (N-methyl/N-ethyl adjacent to an activating group) is 1. The molecule has 1 N–H and O–H groups in total. The lowest BCUT2D eigenvalue weighted by Crippen LogP contribution is -2.32. The van der Waals surface area contributed by atoms with E-state index in [2.05, 4.69) is 27.8 Å². The van der Waals surface area contributed by atoms with Gasteiger partial charge in [0.25, 0.3) is 0 Å². The first-order valence-corrected chi connectivity index (χ1v) is 8.00. The number of benzene rings is 2. The Labute approximate surface area is 114 Å². The van der Waals surface area contributed by atoms with Crippen LogP contribution >= 0.6 is 0 Å². The van der Waals surface area contributed by atoms with E-state index in [1.807, 2.05) is 31.3 Å². The number of sulfonamides is 1. The maximum Gasteiger partial charge on any atom is 0.208 e. The second kappa shape index (κ2) is 5.59. The highest BCUT2D eigenvalue weighted by Crippen LogP contribution is 2.25. The first-order valence-electron chi connectivity index (χ1n) is 6.11. The van der Waals surface area contributed by atoms with E-state index in [-0.39, 0.29) is 0 Å². The van der Waals surface area contributed by atoms with Crippen molar-refractivity contribution >= 4 is 26.5 Å². The third-order valence-corrected chi connectivity index (χ3v) is 3.72. The number of nitrogens with zero attached hydrogens (tertiary/aromatic N) is 1. The van der Waals surface area contributed by atoms with Crippen molar-refractivity contribution in [3.8, 4) is 0 Å². The van der Waals surface area contributed by atoms with Gasteiger partial charge in [0, 0.05) is 31.2 Å². The minimum atomic E-state index is -3.12. The highest BCUT2D eigenvalue weighted by atomic mass is 32.2. The third kappa shape index (κ3) is 3.68. The Kier molecular flexibility index (Phi) is 4.07. The molecule has 102 valence electrons. The summed E-state index contributed by atoms with van der Waals surface area (Å²) in [6, 6.07) is 14.3. The smallest absolute Gasteiger partial charge is 0.208 e. The van der Waals surface area contributed by atoms with Crippen LogP contribution in [-0.2, 0) is 10.0 Å². The van der Waals surface area contributed by atoms with Crippen LogP contribution in [0.4, 0.5) is 5.69 Å². The van der Waals surface area contributed by atoms with Crippen molar-refractivity contribution < 1.29 is 8.42 Å². The van der Waals surface area contributed by atoms with Crippen molar-refractivity contribution in [2.75, 3.05) is 31.3 Å². The average molecular weight is 278 g/mol. The van der Waals surface area contributed by atoms with Crippen LogP contribution < -0.4 is 9.62 Å². The van der Waals surface area contributed by atoms with Crippen LogP contribution in [0.3, 0.4) is 0 Å². The van der Waals surface area contributed by atoms with Crippen LogP contribution in [0.5, 0.6) is 0 Å². The highest BCUT2D eigenvalue weighted by molar-refractivity contribution is 7.88. The molecule has 0 spiro atoms. The zero-order chi connectivity index (χ0) is 13.9. The van der Waals surface area contributed by atoms with Crippen molar-refractivity contribution in [3.05, 3.63) is 42.5 Å². The van der Waals surface area contributed by atoms with Crippen molar-refractivity contribution in [1.29, 1.82) is 0 Å². The van der Waals surface area contributed by atoms with Gasteiger partial charge in [-0.2, -0.15) is 0 Å². The van der Waals surface area contributed by atoms with Gasteiger partial charge < -0.3 is 4.90 Å². The summed E-state index contributed by atoms with van der Waals surface area (Å²) < 4.78 is 24.6. The monoisotopic (exact) mass is 278 g/mol. The molecule has 0 aliphatic rings. The second-order valence-electron chi connectivity index (χ2n) is 4.59. The third-order valence-electron chi connectivity index (χ3n) is 2.99. The molecule has 0 saturated heterocycles. The first-order chi connectivity index (χ1) is 8.97. The van der Waals surface area contributed by atoms with Gasteiger partial charge in [-0.15, -0.1) is 0 Å². The van der Waals surface area contributed by atoms with Gasteiger partial charge in [-0.3, -0.25) is 0 Å². The molecule has 0 heterocycles. The van der Waals surface area contributed by atoms with E-state index in [0.717, 1.165) is 5.69 Å².